The number of para-hydroxylation sites is 1. The molecule has 11 nitrogen and oxygen atoms in total. The number of nitrogens with two attached hydrogens (primary N) is 1. The molecule has 4 aromatic rings. The van der Waals surface area contributed by atoms with Gasteiger partial charge in [-0.1, -0.05) is 24.3 Å². The van der Waals surface area contributed by atoms with Crippen molar-refractivity contribution in [2.24, 2.45) is 12.8 Å². The predicted molar refractivity (Wildman–Crippen MR) is 162 cm³/mol. The second-order valence-electron chi connectivity index (χ2n) is 10.3. The number of urea groups is 1. The van der Waals surface area contributed by atoms with Crippen LogP contribution in [0.5, 0.6) is 0 Å². The molecule has 3 atom stereocenters. The first-order valence-electron chi connectivity index (χ1n) is 13.5. The second kappa shape index (κ2) is 12.4. The molecule has 0 saturated carbocycles. The Morgan fingerprint density at radius 1 is 1.10 bits per heavy atom. The number of H-pyrrole nitrogens is 1. The van der Waals surface area contributed by atoms with Crippen molar-refractivity contribution in [1.29, 1.82) is 0 Å². The first kappa shape index (κ1) is 28.8. The molecular weight excluding hydrogens is 554 g/mol. The zero-order valence-corrected chi connectivity index (χ0v) is 24.1. The van der Waals surface area contributed by atoms with Crippen LogP contribution in [0.25, 0.3) is 10.9 Å². The van der Waals surface area contributed by atoms with Gasteiger partial charge in [0, 0.05) is 53.9 Å². The minimum Gasteiger partial charge on any atom is -0.368 e. The summed E-state index contributed by atoms with van der Waals surface area (Å²) < 4.78 is 1.67. The number of hydrogen-bond donors (Lipinski definition) is 5. The molecule has 2 aromatic heterocycles. The van der Waals surface area contributed by atoms with Gasteiger partial charge in [0.2, 0.25) is 11.8 Å². The lowest BCUT2D eigenvalue weighted by molar-refractivity contribution is -0.129. The number of benzene rings is 2. The molecule has 0 unspecified atom stereocenters. The Hall–Kier alpha value is -4.71. The Balaban J connectivity index is 1.32. The van der Waals surface area contributed by atoms with Crippen molar-refractivity contribution >= 4 is 52.1 Å². The molecule has 0 bridgehead atoms. The zero-order chi connectivity index (χ0) is 29.8. The zero-order valence-electron chi connectivity index (χ0n) is 23.3. The second-order valence-corrected chi connectivity index (χ2v) is 11.1. The monoisotopic (exact) mass is 587 g/mol. The van der Waals surface area contributed by atoms with E-state index in [-0.39, 0.29) is 25.3 Å². The lowest BCUT2D eigenvalue weighted by atomic mass is 10.0. The van der Waals surface area contributed by atoms with Gasteiger partial charge in [-0.2, -0.15) is 0 Å². The van der Waals surface area contributed by atoms with E-state index in [1.165, 1.54) is 4.90 Å². The van der Waals surface area contributed by atoms with E-state index in [1.807, 2.05) is 48.7 Å². The number of thioether (sulfide) groups is 1. The number of nitrogens with one attached hydrogen (secondary N) is 4. The average molecular weight is 588 g/mol. The number of nitrogens with zero attached hydrogens (tertiary/aromatic N) is 2. The van der Waals surface area contributed by atoms with Crippen molar-refractivity contribution < 1.29 is 19.2 Å². The average Bonchev–Trinajstić information content (AvgIpc) is 3.71. The number of aromatic amines is 1. The summed E-state index contributed by atoms with van der Waals surface area (Å²) in [7, 11) is 1.74. The number of rotatable bonds is 9. The Morgan fingerprint density at radius 3 is 2.64 bits per heavy atom. The highest BCUT2D eigenvalue weighted by molar-refractivity contribution is 7.98. The summed E-state index contributed by atoms with van der Waals surface area (Å²) >= 11 is 1.56. The number of likely N-dealkylation sites (tertiary alicyclic amines) is 1. The molecule has 3 heterocycles. The standard InChI is InChI=1S/C30H33N7O4S/c1-36-12-6-11-25(36)29(40)37-17-20(34-30(41)33-19-7-5-8-21(14-19)42-2)15-26(37)28(39)35-24(27(31)38)13-18-16-32-23-10-4-3-9-22(18)23/h3-12,14,16,20,24,26,32H,13,15,17H2,1-2H3,(H2,31,38)(H,35,39)(H2,33,34,41)/t20-,24+,26-/m0/s1. The van der Waals surface area contributed by atoms with E-state index in [4.69, 9.17) is 5.73 Å². The number of fused-ring (bicyclic) bond motifs is 1. The minimum atomic E-state index is -0.997. The Kier molecular flexibility index (Phi) is 8.53. The fraction of sp³-hybridized carbons (Fsp3) is 0.267. The van der Waals surface area contributed by atoms with E-state index in [2.05, 4.69) is 20.9 Å². The minimum absolute atomic E-state index is 0.115. The van der Waals surface area contributed by atoms with Crippen LogP contribution in [0.2, 0.25) is 0 Å². The fourth-order valence-electron chi connectivity index (χ4n) is 5.31. The van der Waals surface area contributed by atoms with Crippen LogP contribution in [0.1, 0.15) is 22.5 Å². The van der Waals surface area contributed by atoms with Crippen LogP contribution in [0.4, 0.5) is 10.5 Å². The normalized spacial score (nSPS) is 17.1. The third-order valence-electron chi connectivity index (χ3n) is 7.45. The summed E-state index contributed by atoms with van der Waals surface area (Å²) in [6.45, 7) is 0.115. The molecule has 1 saturated heterocycles. The van der Waals surface area contributed by atoms with Crippen LogP contribution >= 0.6 is 11.8 Å². The molecule has 42 heavy (non-hydrogen) atoms. The topological polar surface area (TPSA) is 154 Å². The molecule has 2 aromatic carbocycles. The molecule has 1 aliphatic heterocycles. The highest BCUT2D eigenvalue weighted by Crippen LogP contribution is 2.24. The highest BCUT2D eigenvalue weighted by Gasteiger charge is 2.42. The molecule has 1 aliphatic rings. The third-order valence-corrected chi connectivity index (χ3v) is 8.17. The summed E-state index contributed by atoms with van der Waals surface area (Å²) in [6.07, 6.45) is 5.84. The van der Waals surface area contributed by atoms with Gasteiger partial charge in [-0.25, -0.2) is 4.79 Å². The molecule has 1 fully saturated rings. The van der Waals surface area contributed by atoms with Crippen LogP contribution in [0.3, 0.4) is 0 Å². The van der Waals surface area contributed by atoms with E-state index in [1.54, 1.807) is 54.0 Å². The first-order chi connectivity index (χ1) is 20.2. The molecule has 12 heteroatoms. The van der Waals surface area contributed by atoms with Crippen LogP contribution < -0.4 is 21.7 Å². The van der Waals surface area contributed by atoms with Crippen LogP contribution in [0.15, 0.2) is 78.0 Å². The molecule has 0 radical (unpaired) electrons. The third kappa shape index (κ3) is 6.28. The van der Waals surface area contributed by atoms with E-state index in [0.29, 0.717) is 11.4 Å². The SMILES string of the molecule is CSc1cccc(NC(=O)N[C@H]2C[C@@H](C(=O)N[C@H](Cc3c[nH]c4ccccc34)C(N)=O)N(C(=O)c3cccn3C)C2)c1. The van der Waals surface area contributed by atoms with Crippen molar-refractivity contribution in [3.05, 3.63) is 84.3 Å². The van der Waals surface area contributed by atoms with Gasteiger partial charge in [0.15, 0.2) is 0 Å². The number of aromatic nitrogens is 2. The molecule has 0 aliphatic carbocycles. The maximum Gasteiger partial charge on any atom is 0.319 e. The molecular formula is C30H33N7O4S. The summed E-state index contributed by atoms with van der Waals surface area (Å²) in [5.41, 5.74) is 8.48. The van der Waals surface area contributed by atoms with E-state index >= 15 is 0 Å². The maximum atomic E-state index is 13.7. The van der Waals surface area contributed by atoms with Gasteiger partial charge in [-0.15, -0.1) is 11.8 Å². The number of aryl methyl sites for hydroxylation is 1. The smallest absolute Gasteiger partial charge is 0.319 e. The lowest BCUT2D eigenvalue weighted by Gasteiger charge is -2.25. The fourth-order valence-corrected chi connectivity index (χ4v) is 5.77. The first-order valence-corrected chi connectivity index (χ1v) is 14.7. The van der Waals surface area contributed by atoms with Crippen molar-refractivity contribution in [3.63, 3.8) is 0 Å². The van der Waals surface area contributed by atoms with Crippen LogP contribution in [0, 0.1) is 0 Å². The van der Waals surface area contributed by atoms with Gasteiger partial charge < -0.3 is 36.1 Å². The number of carbonyl (C=O) groups excluding carboxylic acids is 4. The Morgan fingerprint density at radius 2 is 1.90 bits per heavy atom. The number of anilines is 1. The van der Waals surface area contributed by atoms with Gasteiger partial charge in [0.25, 0.3) is 5.91 Å². The molecule has 0 spiro atoms. The molecule has 218 valence electrons. The summed E-state index contributed by atoms with van der Waals surface area (Å²) in [4.78, 5) is 58.1. The summed E-state index contributed by atoms with van der Waals surface area (Å²) in [5, 5.41) is 9.42. The quantitative estimate of drug-likeness (QED) is 0.191. The number of hydrogen-bond acceptors (Lipinski definition) is 5. The van der Waals surface area contributed by atoms with Crippen molar-refractivity contribution in [2.45, 2.75) is 35.9 Å². The predicted octanol–water partition coefficient (Wildman–Crippen LogP) is 2.85. The molecule has 5 amide bonds. The van der Waals surface area contributed by atoms with E-state index in [9.17, 15) is 19.2 Å². The molecule has 6 N–H and O–H groups in total. The summed E-state index contributed by atoms with van der Waals surface area (Å²) in [5.74, 6) is -1.56. The highest BCUT2D eigenvalue weighted by atomic mass is 32.2. The van der Waals surface area contributed by atoms with Crippen molar-refractivity contribution in [2.75, 3.05) is 18.1 Å². The van der Waals surface area contributed by atoms with Gasteiger partial charge in [0.1, 0.15) is 17.8 Å². The molecule has 5 rings (SSSR count). The number of amides is 5. The van der Waals surface area contributed by atoms with E-state index < -0.39 is 36.0 Å². The number of primary amides is 1. The Bertz CT molecular complexity index is 1630. The Labute approximate surface area is 247 Å². The summed E-state index contributed by atoms with van der Waals surface area (Å²) in [6, 6.07) is 15.6. The van der Waals surface area contributed by atoms with Crippen molar-refractivity contribution in [3.8, 4) is 0 Å². The van der Waals surface area contributed by atoms with Crippen molar-refractivity contribution in [1.82, 2.24) is 25.1 Å². The maximum absolute atomic E-state index is 13.7. The van der Waals surface area contributed by atoms with Gasteiger partial charge in [-0.3, -0.25) is 14.4 Å². The van der Waals surface area contributed by atoms with Crippen LogP contribution in [-0.4, -0.2) is 69.1 Å². The van der Waals surface area contributed by atoms with Gasteiger partial charge in [-0.05, 0) is 54.6 Å². The van der Waals surface area contributed by atoms with E-state index in [0.717, 1.165) is 21.4 Å². The van der Waals surface area contributed by atoms with Gasteiger partial charge >= 0.3 is 6.03 Å². The van der Waals surface area contributed by atoms with Crippen LogP contribution in [-0.2, 0) is 23.1 Å². The lowest BCUT2D eigenvalue weighted by Crippen LogP contribution is -2.53. The largest absolute Gasteiger partial charge is 0.368 e. The van der Waals surface area contributed by atoms with Gasteiger partial charge in [0.05, 0.1) is 6.04 Å². The number of carbonyl (C=O) groups is 4.